The second-order valence-electron chi connectivity index (χ2n) is 3.74. The van der Waals surface area contributed by atoms with Crippen molar-refractivity contribution in [1.29, 1.82) is 0 Å². The molecular formula is C10H16N2OS. The zero-order chi connectivity index (χ0) is 9.97. The van der Waals surface area contributed by atoms with Crippen LogP contribution in [0, 0.1) is 0 Å². The van der Waals surface area contributed by atoms with Crippen molar-refractivity contribution in [3.8, 4) is 0 Å². The summed E-state index contributed by atoms with van der Waals surface area (Å²) in [4.78, 5) is 3.77. The first-order valence-electron chi connectivity index (χ1n) is 4.95. The van der Waals surface area contributed by atoms with Gasteiger partial charge >= 0.3 is 0 Å². The number of β-amino-alcohol motifs (C(OH)–C–C–N with tert-alkyl or cyclic N) is 1. The molecule has 1 aliphatic heterocycles. The fourth-order valence-corrected chi connectivity index (χ4v) is 2.72. The summed E-state index contributed by atoms with van der Waals surface area (Å²) in [5, 5.41) is 11.6. The molecule has 1 aromatic rings. The maximum Gasteiger partial charge on any atom is 0.0789 e. The van der Waals surface area contributed by atoms with Gasteiger partial charge in [0.2, 0.25) is 0 Å². The van der Waals surface area contributed by atoms with Crippen LogP contribution >= 0.6 is 11.3 Å². The van der Waals surface area contributed by atoms with Gasteiger partial charge in [-0.2, -0.15) is 0 Å². The van der Waals surface area contributed by atoms with Gasteiger partial charge in [0.25, 0.3) is 0 Å². The lowest BCUT2D eigenvalue weighted by Crippen LogP contribution is -2.39. The maximum absolute atomic E-state index is 9.44. The van der Waals surface area contributed by atoms with E-state index < -0.39 is 0 Å². The second-order valence-corrected chi connectivity index (χ2v) is 4.74. The molecule has 4 heteroatoms. The molecule has 2 rings (SSSR count). The number of rotatable bonds is 3. The predicted molar refractivity (Wildman–Crippen MR) is 58.4 cm³/mol. The van der Waals surface area contributed by atoms with Crippen LogP contribution in [0.2, 0.25) is 0 Å². The molecule has 3 nitrogen and oxygen atoms in total. The van der Waals surface area contributed by atoms with Crippen molar-refractivity contribution in [1.82, 2.24) is 4.90 Å². The van der Waals surface area contributed by atoms with Crippen LogP contribution in [0.25, 0.3) is 0 Å². The molecule has 1 aliphatic rings. The zero-order valence-corrected chi connectivity index (χ0v) is 8.96. The monoisotopic (exact) mass is 212 g/mol. The van der Waals surface area contributed by atoms with Gasteiger partial charge in [0, 0.05) is 31.1 Å². The Morgan fingerprint density at radius 1 is 1.64 bits per heavy atom. The van der Waals surface area contributed by atoms with E-state index in [1.54, 1.807) is 0 Å². The minimum absolute atomic E-state index is 0.354. The Hall–Kier alpha value is -0.420. The van der Waals surface area contributed by atoms with Gasteiger partial charge < -0.3 is 10.8 Å². The van der Waals surface area contributed by atoms with Crippen LogP contribution in [0.1, 0.15) is 10.4 Å². The molecule has 1 unspecified atom stereocenters. The van der Waals surface area contributed by atoms with Crippen molar-refractivity contribution < 1.29 is 5.11 Å². The van der Waals surface area contributed by atoms with E-state index in [0.29, 0.717) is 13.1 Å². The lowest BCUT2D eigenvalue weighted by atomic mass is 10.1. The summed E-state index contributed by atoms with van der Waals surface area (Å²) in [5.41, 5.74) is 6.81. The van der Waals surface area contributed by atoms with E-state index in [4.69, 9.17) is 5.73 Å². The van der Waals surface area contributed by atoms with Crippen LogP contribution in [0.15, 0.2) is 11.4 Å². The highest BCUT2D eigenvalue weighted by Gasteiger charge is 2.18. The van der Waals surface area contributed by atoms with Crippen molar-refractivity contribution in [2.75, 3.05) is 19.6 Å². The van der Waals surface area contributed by atoms with Gasteiger partial charge in [-0.05, 0) is 23.4 Å². The quantitative estimate of drug-likeness (QED) is 0.764. The standard InChI is InChI=1S/C10H16N2OS/c11-5-9(13)7-12-3-1-10-8(6-12)2-4-14-10/h2,4,9,13H,1,3,5-7,11H2. The largest absolute Gasteiger partial charge is 0.390 e. The number of aliphatic hydroxyl groups excluding tert-OH is 1. The van der Waals surface area contributed by atoms with Gasteiger partial charge in [-0.15, -0.1) is 11.3 Å². The average molecular weight is 212 g/mol. The van der Waals surface area contributed by atoms with Crippen LogP contribution in [0.4, 0.5) is 0 Å². The summed E-state index contributed by atoms with van der Waals surface area (Å²) in [6, 6.07) is 2.18. The normalized spacial score (nSPS) is 19.3. The Labute approximate surface area is 88.1 Å². The van der Waals surface area contributed by atoms with Crippen molar-refractivity contribution in [2.45, 2.75) is 19.1 Å². The third-order valence-corrected chi connectivity index (χ3v) is 3.65. The minimum Gasteiger partial charge on any atom is -0.390 e. The molecular weight excluding hydrogens is 196 g/mol. The van der Waals surface area contributed by atoms with Crippen LogP contribution in [-0.4, -0.2) is 35.7 Å². The molecule has 0 radical (unpaired) electrons. The highest BCUT2D eigenvalue weighted by atomic mass is 32.1. The average Bonchev–Trinajstić information content (AvgIpc) is 2.64. The van der Waals surface area contributed by atoms with E-state index in [1.807, 2.05) is 11.3 Å². The summed E-state index contributed by atoms with van der Waals surface area (Å²) in [6.07, 6.45) is 0.736. The number of fused-ring (bicyclic) bond motifs is 1. The van der Waals surface area contributed by atoms with Gasteiger partial charge in [0.15, 0.2) is 0 Å². The topological polar surface area (TPSA) is 49.5 Å². The third-order valence-electron chi connectivity index (χ3n) is 2.63. The lowest BCUT2D eigenvalue weighted by Gasteiger charge is -2.28. The fraction of sp³-hybridized carbons (Fsp3) is 0.600. The Bertz CT molecular complexity index is 300. The minimum atomic E-state index is -0.379. The van der Waals surface area contributed by atoms with Gasteiger partial charge in [-0.25, -0.2) is 0 Å². The summed E-state index contributed by atoms with van der Waals surface area (Å²) >= 11 is 1.84. The van der Waals surface area contributed by atoms with Crippen molar-refractivity contribution >= 4 is 11.3 Å². The molecule has 0 bridgehead atoms. The second kappa shape index (κ2) is 4.40. The van der Waals surface area contributed by atoms with E-state index in [2.05, 4.69) is 16.3 Å². The lowest BCUT2D eigenvalue weighted by molar-refractivity contribution is 0.112. The molecule has 3 N–H and O–H groups in total. The Morgan fingerprint density at radius 2 is 2.50 bits per heavy atom. The van der Waals surface area contributed by atoms with Crippen LogP contribution < -0.4 is 5.73 Å². The maximum atomic E-state index is 9.44. The SMILES string of the molecule is NCC(O)CN1CCc2sccc2C1. The van der Waals surface area contributed by atoms with E-state index in [1.165, 1.54) is 10.4 Å². The van der Waals surface area contributed by atoms with E-state index >= 15 is 0 Å². The zero-order valence-electron chi connectivity index (χ0n) is 8.15. The molecule has 0 aromatic carbocycles. The molecule has 78 valence electrons. The van der Waals surface area contributed by atoms with Gasteiger partial charge in [0.1, 0.15) is 0 Å². The molecule has 1 aromatic heterocycles. The highest BCUT2D eigenvalue weighted by Crippen LogP contribution is 2.23. The van der Waals surface area contributed by atoms with Crippen LogP contribution in [0.3, 0.4) is 0 Å². The Balaban J connectivity index is 1.94. The first kappa shape index (κ1) is 10.1. The predicted octanol–water partition coefficient (Wildman–Crippen LogP) is 0.426. The molecule has 0 aliphatic carbocycles. The molecule has 0 spiro atoms. The third kappa shape index (κ3) is 2.15. The van der Waals surface area contributed by atoms with Crippen molar-refractivity contribution in [2.24, 2.45) is 5.73 Å². The van der Waals surface area contributed by atoms with Gasteiger partial charge in [-0.3, -0.25) is 4.90 Å². The summed E-state index contributed by atoms with van der Waals surface area (Å²) in [7, 11) is 0. The highest BCUT2D eigenvalue weighted by molar-refractivity contribution is 7.10. The number of aliphatic hydroxyl groups is 1. The smallest absolute Gasteiger partial charge is 0.0789 e. The number of hydrogen-bond donors (Lipinski definition) is 2. The first-order chi connectivity index (χ1) is 6.79. The molecule has 1 atom stereocenters. The van der Waals surface area contributed by atoms with E-state index in [-0.39, 0.29) is 6.10 Å². The number of hydrogen-bond acceptors (Lipinski definition) is 4. The summed E-state index contributed by atoms with van der Waals surface area (Å²) < 4.78 is 0. The molecule has 14 heavy (non-hydrogen) atoms. The first-order valence-corrected chi connectivity index (χ1v) is 5.83. The Morgan fingerprint density at radius 3 is 3.29 bits per heavy atom. The molecule has 0 saturated carbocycles. The number of nitrogens with zero attached hydrogens (tertiary/aromatic N) is 1. The summed E-state index contributed by atoms with van der Waals surface area (Å²) in [5.74, 6) is 0. The molecule has 0 saturated heterocycles. The number of nitrogens with two attached hydrogens (primary N) is 1. The van der Waals surface area contributed by atoms with Crippen molar-refractivity contribution in [3.63, 3.8) is 0 Å². The van der Waals surface area contributed by atoms with Crippen LogP contribution in [-0.2, 0) is 13.0 Å². The van der Waals surface area contributed by atoms with Gasteiger partial charge in [0.05, 0.1) is 6.10 Å². The Kier molecular flexibility index (Phi) is 3.18. The fourth-order valence-electron chi connectivity index (χ4n) is 1.84. The number of thiophene rings is 1. The van der Waals surface area contributed by atoms with Crippen molar-refractivity contribution in [3.05, 3.63) is 21.9 Å². The van der Waals surface area contributed by atoms with E-state index in [9.17, 15) is 5.11 Å². The van der Waals surface area contributed by atoms with Gasteiger partial charge in [-0.1, -0.05) is 0 Å². The molecule has 0 fully saturated rings. The van der Waals surface area contributed by atoms with E-state index in [0.717, 1.165) is 19.5 Å². The summed E-state index contributed by atoms with van der Waals surface area (Å²) in [6.45, 7) is 3.07. The van der Waals surface area contributed by atoms with Crippen LogP contribution in [0.5, 0.6) is 0 Å². The molecule has 0 amide bonds. The molecule has 2 heterocycles.